The van der Waals surface area contributed by atoms with Gasteiger partial charge >= 0.3 is 0 Å². The van der Waals surface area contributed by atoms with E-state index >= 15 is 0 Å². The van der Waals surface area contributed by atoms with Crippen molar-refractivity contribution in [3.8, 4) is 0 Å². The van der Waals surface area contributed by atoms with Gasteiger partial charge in [0.2, 0.25) is 5.13 Å². The van der Waals surface area contributed by atoms with Crippen LogP contribution in [0.1, 0.15) is 64.0 Å². The van der Waals surface area contributed by atoms with Crippen molar-refractivity contribution in [3.05, 3.63) is 23.8 Å². The van der Waals surface area contributed by atoms with E-state index in [9.17, 15) is 0 Å². The average molecular weight is 305 g/mol. The zero-order valence-corrected chi connectivity index (χ0v) is 13.8. The lowest BCUT2D eigenvalue weighted by Gasteiger charge is -2.12. The van der Waals surface area contributed by atoms with E-state index in [1.165, 1.54) is 37.2 Å². The first-order chi connectivity index (χ1) is 10.0. The lowest BCUT2D eigenvalue weighted by molar-refractivity contribution is 0.463. The Hall–Kier alpha value is -1.43. The number of anilines is 1. The molecule has 0 atom stereocenters. The Morgan fingerprint density at radius 3 is 2.76 bits per heavy atom. The van der Waals surface area contributed by atoms with Gasteiger partial charge in [0.05, 0.1) is 18.3 Å². The van der Waals surface area contributed by atoms with E-state index in [-0.39, 0.29) is 5.41 Å². The predicted octanol–water partition coefficient (Wildman–Crippen LogP) is 3.76. The van der Waals surface area contributed by atoms with Crippen LogP contribution in [-0.2, 0) is 12.0 Å². The van der Waals surface area contributed by atoms with Crippen LogP contribution >= 0.6 is 11.5 Å². The van der Waals surface area contributed by atoms with Gasteiger partial charge in [0, 0.05) is 23.1 Å². The smallest absolute Gasteiger partial charge is 0.202 e. The summed E-state index contributed by atoms with van der Waals surface area (Å²) in [6.45, 7) is 7.09. The van der Waals surface area contributed by atoms with Crippen molar-refractivity contribution in [2.75, 3.05) is 5.32 Å². The highest BCUT2D eigenvalue weighted by Gasteiger charge is 2.20. The number of nitrogens with one attached hydrogen (secondary N) is 1. The lowest BCUT2D eigenvalue weighted by Crippen LogP contribution is -2.13. The summed E-state index contributed by atoms with van der Waals surface area (Å²) in [5.41, 5.74) is 1.06. The van der Waals surface area contributed by atoms with Crippen LogP contribution in [0.15, 0.2) is 12.3 Å². The van der Waals surface area contributed by atoms with E-state index in [2.05, 4.69) is 57.5 Å². The van der Waals surface area contributed by atoms with Crippen molar-refractivity contribution in [3.63, 3.8) is 0 Å². The normalized spacial score (nSPS) is 16.5. The molecule has 1 saturated carbocycles. The zero-order chi connectivity index (χ0) is 14.9. The van der Waals surface area contributed by atoms with Crippen molar-refractivity contribution in [2.24, 2.45) is 0 Å². The van der Waals surface area contributed by atoms with E-state index in [0.29, 0.717) is 12.6 Å². The fraction of sp³-hybridized carbons (Fsp3) is 0.667. The molecule has 2 aromatic heterocycles. The molecule has 2 aromatic rings. The molecule has 6 heteroatoms. The molecule has 0 radical (unpaired) electrons. The van der Waals surface area contributed by atoms with Gasteiger partial charge in [-0.3, -0.25) is 4.68 Å². The second-order valence-corrected chi connectivity index (χ2v) is 7.50. The molecule has 0 aliphatic heterocycles. The maximum absolute atomic E-state index is 4.67. The van der Waals surface area contributed by atoms with E-state index in [1.54, 1.807) is 0 Å². The average Bonchev–Trinajstić information content (AvgIpc) is 3.16. The van der Waals surface area contributed by atoms with Gasteiger partial charge in [-0.25, -0.2) is 4.98 Å². The molecule has 114 valence electrons. The van der Waals surface area contributed by atoms with E-state index < -0.39 is 0 Å². The van der Waals surface area contributed by atoms with Crippen molar-refractivity contribution in [1.82, 2.24) is 19.1 Å². The van der Waals surface area contributed by atoms with Gasteiger partial charge in [-0.1, -0.05) is 33.6 Å². The first-order valence-electron chi connectivity index (χ1n) is 7.64. The molecule has 0 aromatic carbocycles. The van der Waals surface area contributed by atoms with Gasteiger partial charge in [-0.15, -0.1) is 0 Å². The Balaban J connectivity index is 1.59. The fourth-order valence-corrected chi connectivity index (χ4v) is 3.36. The van der Waals surface area contributed by atoms with Crippen LogP contribution in [0.5, 0.6) is 0 Å². The number of hydrogen-bond donors (Lipinski definition) is 1. The van der Waals surface area contributed by atoms with Crippen molar-refractivity contribution < 1.29 is 0 Å². The van der Waals surface area contributed by atoms with Crippen LogP contribution in [0.4, 0.5) is 5.13 Å². The Kier molecular flexibility index (Phi) is 3.97. The van der Waals surface area contributed by atoms with E-state index in [0.717, 1.165) is 16.6 Å². The van der Waals surface area contributed by atoms with Gasteiger partial charge in [0.25, 0.3) is 0 Å². The Morgan fingerprint density at radius 2 is 2.10 bits per heavy atom. The molecule has 0 bridgehead atoms. The molecule has 0 unspecified atom stereocenters. The number of rotatable bonds is 4. The molecule has 0 amide bonds. The minimum absolute atomic E-state index is 0.000478. The molecule has 1 N–H and O–H groups in total. The van der Waals surface area contributed by atoms with Gasteiger partial charge in [-0.2, -0.15) is 9.47 Å². The van der Waals surface area contributed by atoms with Crippen LogP contribution in [0, 0.1) is 0 Å². The van der Waals surface area contributed by atoms with E-state index in [4.69, 9.17) is 0 Å². The third-order valence-corrected chi connectivity index (χ3v) is 4.55. The van der Waals surface area contributed by atoms with Crippen molar-refractivity contribution >= 4 is 16.7 Å². The monoisotopic (exact) mass is 305 g/mol. The van der Waals surface area contributed by atoms with Crippen LogP contribution in [0.3, 0.4) is 0 Å². The highest BCUT2D eigenvalue weighted by Crippen LogP contribution is 2.29. The molecule has 21 heavy (non-hydrogen) atoms. The third kappa shape index (κ3) is 3.43. The highest BCUT2D eigenvalue weighted by molar-refractivity contribution is 7.09. The first kappa shape index (κ1) is 14.5. The van der Waals surface area contributed by atoms with Crippen LogP contribution < -0.4 is 5.32 Å². The summed E-state index contributed by atoms with van der Waals surface area (Å²) in [4.78, 5) is 4.54. The Bertz CT molecular complexity index is 589. The maximum atomic E-state index is 4.67. The second kappa shape index (κ2) is 5.75. The minimum atomic E-state index is 0.000478. The second-order valence-electron chi connectivity index (χ2n) is 6.75. The molecule has 1 fully saturated rings. The lowest BCUT2D eigenvalue weighted by atomic mass is 9.96. The summed E-state index contributed by atoms with van der Waals surface area (Å²) >= 11 is 1.42. The highest BCUT2D eigenvalue weighted by atomic mass is 32.1. The largest absolute Gasteiger partial charge is 0.355 e. The van der Waals surface area contributed by atoms with Crippen molar-refractivity contribution in [1.29, 1.82) is 0 Å². The SMILES string of the molecule is CC(C)(C)c1nsc(NCc2ccn(C3CCCC3)n2)n1. The van der Waals surface area contributed by atoms with Crippen LogP contribution in [-0.4, -0.2) is 19.1 Å². The molecule has 0 spiro atoms. The Labute approximate surface area is 130 Å². The van der Waals surface area contributed by atoms with Gasteiger partial charge < -0.3 is 5.32 Å². The standard InChI is InChI=1S/C15H23N5S/c1-15(2,3)13-17-14(21-19-13)16-10-11-8-9-20(18-11)12-6-4-5-7-12/h8-9,12H,4-7,10H2,1-3H3,(H,16,17,19). The summed E-state index contributed by atoms with van der Waals surface area (Å²) < 4.78 is 6.54. The Morgan fingerprint density at radius 1 is 1.33 bits per heavy atom. The van der Waals surface area contributed by atoms with Gasteiger partial charge in [-0.05, 0) is 18.9 Å². The molecular weight excluding hydrogens is 282 g/mol. The molecular formula is C15H23N5S. The molecule has 1 aliphatic rings. The summed E-state index contributed by atoms with van der Waals surface area (Å²) in [7, 11) is 0. The van der Waals surface area contributed by atoms with E-state index in [1.807, 2.05) is 0 Å². The first-order valence-corrected chi connectivity index (χ1v) is 8.42. The van der Waals surface area contributed by atoms with Crippen molar-refractivity contribution in [2.45, 2.75) is 64.5 Å². The fourth-order valence-electron chi connectivity index (χ4n) is 2.61. The molecule has 0 saturated heterocycles. The molecule has 5 nitrogen and oxygen atoms in total. The number of nitrogens with zero attached hydrogens (tertiary/aromatic N) is 4. The summed E-state index contributed by atoms with van der Waals surface area (Å²) in [5.74, 6) is 0.895. The summed E-state index contributed by atoms with van der Waals surface area (Å²) in [6.07, 6.45) is 7.30. The minimum Gasteiger partial charge on any atom is -0.355 e. The summed E-state index contributed by atoms with van der Waals surface area (Å²) in [6, 6.07) is 2.70. The number of hydrogen-bond acceptors (Lipinski definition) is 5. The van der Waals surface area contributed by atoms with Crippen LogP contribution in [0.25, 0.3) is 0 Å². The molecule has 1 aliphatic carbocycles. The van der Waals surface area contributed by atoms with Gasteiger partial charge in [0.15, 0.2) is 0 Å². The number of aromatic nitrogens is 4. The maximum Gasteiger partial charge on any atom is 0.202 e. The molecule has 3 rings (SSSR count). The van der Waals surface area contributed by atoms with Crippen LogP contribution in [0.2, 0.25) is 0 Å². The topological polar surface area (TPSA) is 55.6 Å². The predicted molar refractivity (Wildman–Crippen MR) is 85.7 cm³/mol. The third-order valence-electron chi connectivity index (χ3n) is 3.88. The quantitative estimate of drug-likeness (QED) is 0.934. The molecule has 2 heterocycles. The van der Waals surface area contributed by atoms with Gasteiger partial charge in [0.1, 0.15) is 5.82 Å². The summed E-state index contributed by atoms with van der Waals surface area (Å²) in [5, 5.41) is 8.87. The zero-order valence-electron chi connectivity index (χ0n) is 13.0.